The second-order valence-corrected chi connectivity index (χ2v) is 9.59. The number of rotatable bonds is 8. The second-order valence-electron chi connectivity index (χ2n) is 9.15. The summed E-state index contributed by atoms with van der Waals surface area (Å²) in [5, 5.41) is 14.6. The van der Waals surface area contributed by atoms with Gasteiger partial charge in [0.25, 0.3) is 5.56 Å². The lowest BCUT2D eigenvalue weighted by Crippen LogP contribution is -2.33. The average molecular weight is 547 g/mol. The highest BCUT2D eigenvalue weighted by atomic mass is 35.5. The molecule has 200 valence electrons. The molecule has 3 heterocycles. The molecule has 0 spiro atoms. The number of benzene rings is 2. The summed E-state index contributed by atoms with van der Waals surface area (Å²) in [4.78, 5) is 30.8. The van der Waals surface area contributed by atoms with Crippen LogP contribution >= 0.6 is 11.6 Å². The molecule has 0 atom stereocenters. The van der Waals surface area contributed by atoms with Crippen molar-refractivity contribution in [1.29, 1.82) is 0 Å². The lowest BCUT2D eigenvalue weighted by atomic mass is 9.99. The van der Waals surface area contributed by atoms with E-state index in [1.807, 2.05) is 25.1 Å². The molecule has 2 aromatic heterocycles. The van der Waals surface area contributed by atoms with Crippen molar-refractivity contribution in [2.24, 2.45) is 5.92 Å². The highest BCUT2D eigenvalue weighted by Gasteiger charge is 2.23. The van der Waals surface area contributed by atoms with Crippen LogP contribution in [0.25, 0.3) is 0 Å². The Kier molecular flexibility index (Phi) is 8.14. The van der Waals surface area contributed by atoms with E-state index in [1.54, 1.807) is 42.5 Å². The van der Waals surface area contributed by atoms with Crippen LogP contribution in [0.4, 0.5) is 17.3 Å². The minimum Gasteiger partial charge on any atom is -0.438 e. The molecule has 1 saturated heterocycles. The van der Waals surface area contributed by atoms with Crippen molar-refractivity contribution in [3.63, 3.8) is 0 Å². The first-order chi connectivity index (χ1) is 18.9. The first-order valence-corrected chi connectivity index (χ1v) is 12.9. The van der Waals surface area contributed by atoms with Crippen molar-refractivity contribution < 1.29 is 14.3 Å². The first kappa shape index (κ1) is 26.3. The van der Waals surface area contributed by atoms with E-state index < -0.39 is 0 Å². The van der Waals surface area contributed by atoms with Gasteiger partial charge in [0.2, 0.25) is 17.7 Å². The van der Waals surface area contributed by atoms with Crippen molar-refractivity contribution in [3.8, 4) is 11.6 Å². The van der Waals surface area contributed by atoms with Crippen LogP contribution in [0.1, 0.15) is 24.1 Å². The van der Waals surface area contributed by atoms with Gasteiger partial charge in [0.05, 0.1) is 18.4 Å². The van der Waals surface area contributed by atoms with Gasteiger partial charge in [-0.25, -0.2) is 4.98 Å². The Balaban J connectivity index is 1.38. The summed E-state index contributed by atoms with van der Waals surface area (Å²) in [6, 6.07) is 17.9. The van der Waals surface area contributed by atoms with Crippen molar-refractivity contribution in [3.05, 3.63) is 93.5 Å². The third-order valence-electron chi connectivity index (χ3n) is 6.26. The van der Waals surface area contributed by atoms with E-state index in [0.717, 1.165) is 11.3 Å². The smallest absolute Gasteiger partial charge is 0.279 e. The van der Waals surface area contributed by atoms with Gasteiger partial charge in [0.15, 0.2) is 0 Å². The Bertz CT molecular complexity index is 1480. The fraction of sp³-hybridized carbons (Fsp3) is 0.250. The Morgan fingerprint density at radius 3 is 2.49 bits per heavy atom. The minimum absolute atomic E-state index is 0.119. The normalized spacial score (nSPS) is 13.6. The largest absolute Gasteiger partial charge is 0.438 e. The molecule has 39 heavy (non-hydrogen) atoms. The number of ether oxygens (including phenoxy) is 2. The second kappa shape index (κ2) is 12.1. The first-order valence-electron chi connectivity index (χ1n) is 12.5. The van der Waals surface area contributed by atoms with E-state index in [2.05, 4.69) is 25.8 Å². The summed E-state index contributed by atoms with van der Waals surface area (Å²) >= 11 is 6.04. The van der Waals surface area contributed by atoms with Gasteiger partial charge in [0.1, 0.15) is 11.4 Å². The summed E-state index contributed by atoms with van der Waals surface area (Å²) in [5.41, 5.74) is 2.08. The van der Waals surface area contributed by atoms with Gasteiger partial charge >= 0.3 is 0 Å². The van der Waals surface area contributed by atoms with E-state index in [4.69, 9.17) is 21.1 Å². The zero-order chi connectivity index (χ0) is 27.2. The molecule has 2 aromatic carbocycles. The topological polar surface area (TPSA) is 120 Å². The number of aryl methyl sites for hydroxylation is 1. The van der Waals surface area contributed by atoms with E-state index >= 15 is 0 Å². The average Bonchev–Trinajstić information content (AvgIpc) is 2.96. The lowest BCUT2D eigenvalue weighted by Gasteiger charge is -2.21. The maximum atomic E-state index is 13.5. The van der Waals surface area contributed by atoms with Crippen LogP contribution in [-0.2, 0) is 16.1 Å². The molecule has 1 fully saturated rings. The number of hydrogen-bond donors (Lipinski definition) is 2. The van der Waals surface area contributed by atoms with Crippen molar-refractivity contribution in [2.45, 2.75) is 26.3 Å². The predicted molar refractivity (Wildman–Crippen MR) is 148 cm³/mol. The molecule has 5 rings (SSSR count). The zero-order valence-electron chi connectivity index (χ0n) is 21.3. The van der Waals surface area contributed by atoms with Crippen molar-refractivity contribution in [1.82, 2.24) is 19.7 Å². The summed E-state index contributed by atoms with van der Waals surface area (Å²) in [7, 11) is 0. The van der Waals surface area contributed by atoms with E-state index in [9.17, 15) is 9.59 Å². The SMILES string of the molecule is Cc1ccc(Oc2ccc(Nc3ncc(NC(=O)C4CCOCC4)c(=O)n3Cc3ccc(Cl)cc3)cc2)nn1. The molecule has 0 saturated carbocycles. The van der Waals surface area contributed by atoms with Crippen LogP contribution < -0.4 is 20.9 Å². The fourth-order valence-corrected chi connectivity index (χ4v) is 4.21. The highest BCUT2D eigenvalue weighted by molar-refractivity contribution is 6.30. The van der Waals surface area contributed by atoms with E-state index in [0.29, 0.717) is 54.3 Å². The molecule has 0 radical (unpaired) electrons. The van der Waals surface area contributed by atoms with Crippen LogP contribution in [0.15, 0.2) is 71.7 Å². The fourth-order valence-electron chi connectivity index (χ4n) is 4.09. The zero-order valence-corrected chi connectivity index (χ0v) is 22.0. The van der Waals surface area contributed by atoms with Gasteiger partial charge in [-0.05, 0) is 67.8 Å². The molecule has 11 heteroatoms. The van der Waals surface area contributed by atoms with Gasteiger partial charge in [-0.15, -0.1) is 5.10 Å². The Hall–Kier alpha value is -4.28. The standard InChI is InChI=1S/C28H27ClN6O4/c1-18-2-11-25(34-33-18)39-23-9-7-22(8-10-23)31-28-30-16-24(32-26(36)20-12-14-38-15-13-20)27(37)35(28)17-19-3-5-21(29)6-4-19/h2-11,16,20H,12-15,17H2,1H3,(H,30,31)(H,32,36). The van der Waals surface area contributed by atoms with Gasteiger partial charge in [0, 0.05) is 35.9 Å². The number of carbonyl (C=O) groups excluding carboxylic acids is 1. The van der Waals surface area contributed by atoms with Gasteiger partial charge in [-0.2, -0.15) is 5.10 Å². The number of hydrogen-bond acceptors (Lipinski definition) is 8. The van der Waals surface area contributed by atoms with Crippen molar-refractivity contribution in [2.75, 3.05) is 23.8 Å². The number of nitrogens with zero attached hydrogens (tertiary/aromatic N) is 4. The predicted octanol–water partition coefficient (Wildman–Crippen LogP) is 4.94. The summed E-state index contributed by atoms with van der Waals surface area (Å²) in [6.07, 6.45) is 2.62. The molecule has 1 aliphatic rings. The van der Waals surface area contributed by atoms with Crippen LogP contribution in [0.2, 0.25) is 5.02 Å². The number of anilines is 3. The van der Waals surface area contributed by atoms with Gasteiger partial charge < -0.3 is 20.1 Å². The van der Waals surface area contributed by atoms with Crippen LogP contribution in [0, 0.1) is 12.8 Å². The molecule has 4 aromatic rings. The maximum Gasteiger partial charge on any atom is 0.279 e. The Morgan fingerprint density at radius 1 is 1.05 bits per heavy atom. The number of aromatic nitrogens is 4. The van der Waals surface area contributed by atoms with E-state index in [1.165, 1.54) is 10.8 Å². The quantitative estimate of drug-likeness (QED) is 0.319. The molecule has 10 nitrogen and oxygen atoms in total. The minimum atomic E-state index is -0.374. The summed E-state index contributed by atoms with van der Waals surface area (Å²) < 4.78 is 12.6. The summed E-state index contributed by atoms with van der Waals surface area (Å²) in [5.74, 6) is 0.878. The van der Waals surface area contributed by atoms with Crippen LogP contribution in [-0.4, -0.2) is 38.9 Å². The molecule has 1 amide bonds. The molecule has 1 aliphatic heterocycles. The third-order valence-corrected chi connectivity index (χ3v) is 6.51. The summed E-state index contributed by atoms with van der Waals surface area (Å²) in [6.45, 7) is 3.13. The molecule has 0 aliphatic carbocycles. The Labute approximate surface area is 230 Å². The highest BCUT2D eigenvalue weighted by Crippen LogP contribution is 2.24. The molecule has 0 bridgehead atoms. The molecular weight excluding hydrogens is 520 g/mol. The van der Waals surface area contributed by atoms with Crippen LogP contribution in [0.3, 0.4) is 0 Å². The number of carbonyl (C=O) groups is 1. The van der Waals surface area contributed by atoms with Gasteiger partial charge in [-0.1, -0.05) is 23.7 Å². The number of halogens is 1. The van der Waals surface area contributed by atoms with Gasteiger partial charge in [-0.3, -0.25) is 14.2 Å². The van der Waals surface area contributed by atoms with E-state index in [-0.39, 0.29) is 29.6 Å². The third kappa shape index (κ3) is 6.78. The number of nitrogens with one attached hydrogen (secondary N) is 2. The maximum absolute atomic E-state index is 13.5. The molecular formula is C28H27ClN6O4. The number of amides is 1. The Morgan fingerprint density at radius 2 is 1.79 bits per heavy atom. The lowest BCUT2D eigenvalue weighted by molar-refractivity contribution is -0.122. The van der Waals surface area contributed by atoms with Crippen LogP contribution in [0.5, 0.6) is 11.6 Å². The molecule has 0 unspecified atom stereocenters. The van der Waals surface area contributed by atoms with Crippen molar-refractivity contribution >= 4 is 34.8 Å². The monoisotopic (exact) mass is 546 g/mol. The molecule has 2 N–H and O–H groups in total.